The van der Waals surface area contributed by atoms with Crippen LogP contribution in [0.4, 0.5) is 0 Å². The molecule has 0 aromatic carbocycles. The van der Waals surface area contributed by atoms with Crippen LogP contribution in [0.15, 0.2) is 4.42 Å². The fraction of sp³-hybridized carbons (Fsp3) is 0.667. The summed E-state index contributed by atoms with van der Waals surface area (Å²) in [5.41, 5.74) is 0.487. The minimum absolute atomic E-state index is 0.00627. The summed E-state index contributed by atoms with van der Waals surface area (Å²) >= 11 is 0. The van der Waals surface area contributed by atoms with Crippen molar-refractivity contribution in [3.8, 4) is 0 Å². The summed E-state index contributed by atoms with van der Waals surface area (Å²) in [6, 6.07) is 0. The molecule has 88 valence electrons. The fourth-order valence-electron chi connectivity index (χ4n) is 2.45. The number of aromatic nitrogens is 1. The Labute approximate surface area is 94.7 Å². The predicted octanol–water partition coefficient (Wildman–Crippen LogP) is 2.97. The molecule has 0 bridgehead atoms. The fourth-order valence-corrected chi connectivity index (χ4v) is 2.45. The minimum Gasteiger partial charge on any atom is -0.475 e. The van der Waals surface area contributed by atoms with E-state index in [0.29, 0.717) is 23.4 Å². The largest absolute Gasteiger partial charge is 0.475 e. The van der Waals surface area contributed by atoms with E-state index in [4.69, 9.17) is 9.52 Å². The Balaban J connectivity index is 2.20. The molecule has 0 spiro atoms. The molecule has 0 aliphatic heterocycles. The van der Waals surface area contributed by atoms with Crippen LogP contribution >= 0.6 is 0 Å². The van der Waals surface area contributed by atoms with Gasteiger partial charge in [-0.05, 0) is 25.7 Å². The molecule has 0 amide bonds. The summed E-state index contributed by atoms with van der Waals surface area (Å²) in [5, 5.41) is 8.90. The van der Waals surface area contributed by atoms with Crippen molar-refractivity contribution in [2.45, 2.75) is 45.4 Å². The van der Waals surface area contributed by atoms with E-state index in [0.717, 1.165) is 12.8 Å². The van der Waals surface area contributed by atoms with Gasteiger partial charge in [-0.25, -0.2) is 9.78 Å². The first-order valence-corrected chi connectivity index (χ1v) is 5.78. The lowest BCUT2D eigenvalue weighted by molar-refractivity contribution is 0.0657. The molecule has 2 rings (SSSR count). The number of hydrogen-bond acceptors (Lipinski definition) is 3. The van der Waals surface area contributed by atoms with Crippen molar-refractivity contribution in [3.05, 3.63) is 17.3 Å². The summed E-state index contributed by atoms with van der Waals surface area (Å²) in [5.74, 6) is 0.560. The van der Waals surface area contributed by atoms with Crippen molar-refractivity contribution in [2.24, 2.45) is 5.92 Å². The normalized spacial score (nSPS) is 25.6. The topological polar surface area (TPSA) is 63.3 Å². The number of oxazole rings is 1. The summed E-state index contributed by atoms with van der Waals surface area (Å²) < 4.78 is 5.35. The molecule has 0 saturated heterocycles. The molecule has 0 radical (unpaired) electrons. The number of carboxylic acids is 1. The predicted molar refractivity (Wildman–Crippen MR) is 58.6 cm³/mol. The number of nitrogens with zero attached hydrogens (tertiary/aromatic N) is 1. The van der Waals surface area contributed by atoms with Crippen LogP contribution < -0.4 is 0 Å². The van der Waals surface area contributed by atoms with Gasteiger partial charge >= 0.3 is 5.97 Å². The van der Waals surface area contributed by atoms with Gasteiger partial charge in [0.1, 0.15) is 0 Å². The number of rotatable bonds is 2. The number of carboxylic acid groups (broad SMARTS) is 1. The zero-order valence-electron chi connectivity index (χ0n) is 9.69. The molecule has 1 fully saturated rings. The van der Waals surface area contributed by atoms with Crippen molar-refractivity contribution >= 4 is 5.97 Å². The van der Waals surface area contributed by atoms with E-state index in [1.54, 1.807) is 6.92 Å². The van der Waals surface area contributed by atoms with Crippen molar-refractivity contribution in [1.82, 2.24) is 4.98 Å². The van der Waals surface area contributed by atoms with Crippen molar-refractivity contribution in [3.63, 3.8) is 0 Å². The molecule has 16 heavy (non-hydrogen) atoms. The molecule has 1 heterocycles. The van der Waals surface area contributed by atoms with E-state index in [1.165, 1.54) is 12.8 Å². The maximum atomic E-state index is 10.8. The maximum absolute atomic E-state index is 10.8. The van der Waals surface area contributed by atoms with Gasteiger partial charge in [0.15, 0.2) is 5.89 Å². The van der Waals surface area contributed by atoms with Gasteiger partial charge in [0.25, 0.3) is 0 Å². The molecule has 0 unspecified atom stereocenters. The minimum atomic E-state index is -1.03. The van der Waals surface area contributed by atoms with Crippen LogP contribution in [-0.4, -0.2) is 16.1 Å². The first-order valence-electron chi connectivity index (χ1n) is 5.78. The molecule has 4 heteroatoms. The highest BCUT2D eigenvalue weighted by molar-refractivity contribution is 5.85. The van der Waals surface area contributed by atoms with Crippen molar-refractivity contribution in [1.29, 1.82) is 0 Å². The number of hydrogen-bond donors (Lipinski definition) is 1. The molecule has 1 aromatic heterocycles. The Morgan fingerprint density at radius 2 is 2.25 bits per heavy atom. The monoisotopic (exact) mass is 223 g/mol. The Morgan fingerprint density at radius 1 is 1.50 bits per heavy atom. The van der Waals surface area contributed by atoms with Crippen LogP contribution in [0.3, 0.4) is 0 Å². The first-order chi connectivity index (χ1) is 7.58. The molecular formula is C12H17NO3. The van der Waals surface area contributed by atoms with E-state index >= 15 is 0 Å². The van der Waals surface area contributed by atoms with E-state index in [1.807, 2.05) is 0 Å². The summed E-state index contributed by atoms with van der Waals surface area (Å²) in [6.07, 6.45) is 4.54. The third-order valence-electron chi connectivity index (χ3n) is 3.29. The first kappa shape index (κ1) is 11.2. The SMILES string of the molecule is Cc1nc([C@@H]2CCC[C@H](C)C2)oc1C(=O)O. The third-order valence-corrected chi connectivity index (χ3v) is 3.29. The van der Waals surface area contributed by atoms with Gasteiger partial charge in [-0.15, -0.1) is 0 Å². The zero-order valence-corrected chi connectivity index (χ0v) is 9.69. The highest BCUT2D eigenvalue weighted by atomic mass is 16.4. The van der Waals surface area contributed by atoms with Crippen LogP contribution in [0.5, 0.6) is 0 Å². The lowest BCUT2D eigenvalue weighted by Crippen LogP contribution is -2.11. The van der Waals surface area contributed by atoms with Crippen LogP contribution in [0, 0.1) is 12.8 Å². The second kappa shape index (κ2) is 4.28. The Morgan fingerprint density at radius 3 is 2.81 bits per heavy atom. The highest BCUT2D eigenvalue weighted by Crippen LogP contribution is 2.36. The van der Waals surface area contributed by atoms with Gasteiger partial charge in [0.2, 0.25) is 5.76 Å². The van der Waals surface area contributed by atoms with Crippen molar-refractivity contribution in [2.75, 3.05) is 0 Å². The molecule has 1 N–H and O–H groups in total. The van der Waals surface area contributed by atoms with Crippen LogP contribution in [0.25, 0.3) is 0 Å². The molecule has 4 nitrogen and oxygen atoms in total. The van der Waals surface area contributed by atoms with E-state index in [9.17, 15) is 4.79 Å². The Bertz CT molecular complexity index is 397. The summed E-state index contributed by atoms with van der Waals surface area (Å²) in [4.78, 5) is 15.1. The quantitative estimate of drug-likeness (QED) is 0.837. The molecule has 1 aliphatic carbocycles. The average Bonchev–Trinajstić information content (AvgIpc) is 2.60. The smallest absolute Gasteiger partial charge is 0.373 e. The van der Waals surface area contributed by atoms with Crippen LogP contribution in [0.2, 0.25) is 0 Å². The Kier molecular flexibility index (Phi) is 2.99. The molecule has 2 atom stereocenters. The number of carbonyl (C=O) groups is 1. The van der Waals surface area contributed by atoms with Gasteiger partial charge in [0.05, 0.1) is 5.69 Å². The van der Waals surface area contributed by atoms with Crippen molar-refractivity contribution < 1.29 is 14.3 Å². The van der Waals surface area contributed by atoms with E-state index < -0.39 is 5.97 Å². The molecule has 1 saturated carbocycles. The van der Waals surface area contributed by atoms with Crippen LogP contribution in [-0.2, 0) is 0 Å². The molecule has 1 aliphatic rings. The lowest BCUT2D eigenvalue weighted by atomic mass is 9.82. The second-order valence-electron chi connectivity index (χ2n) is 4.74. The zero-order chi connectivity index (χ0) is 11.7. The van der Waals surface area contributed by atoms with E-state index in [-0.39, 0.29) is 5.76 Å². The Hall–Kier alpha value is -1.32. The second-order valence-corrected chi connectivity index (χ2v) is 4.74. The third kappa shape index (κ3) is 2.10. The number of aryl methyl sites for hydroxylation is 1. The van der Waals surface area contributed by atoms with E-state index in [2.05, 4.69) is 11.9 Å². The van der Waals surface area contributed by atoms with Gasteiger partial charge in [-0.1, -0.05) is 19.8 Å². The van der Waals surface area contributed by atoms with Gasteiger partial charge in [0, 0.05) is 5.92 Å². The number of aromatic carboxylic acids is 1. The molecular weight excluding hydrogens is 206 g/mol. The van der Waals surface area contributed by atoms with Gasteiger partial charge < -0.3 is 9.52 Å². The van der Waals surface area contributed by atoms with Gasteiger partial charge in [-0.3, -0.25) is 0 Å². The highest BCUT2D eigenvalue weighted by Gasteiger charge is 2.26. The van der Waals surface area contributed by atoms with Gasteiger partial charge in [-0.2, -0.15) is 0 Å². The lowest BCUT2D eigenvalue weighted by Gasteiger charge is -2.24. The average molecular weight is 223 g/mol. The van der Waals surface area contributed by atoms with Crippen LogP contribution in [0.1, 0.15) is 60.7 Å². The standard InChI is InChI=1S/C12H17NO3/c1-7-4-3-5-9(6-7)11-13-8(2)10(16-11)12(14)15/h7,9H,3-6H2,1-2H3,(H,14,15)/t7-,9+/m0/s1. The molecule has 1 aromatic rings. The summed E-state index contributed by atoms with van der Waals surface area (Å²) in [7, 11) is 0. The maximum Gasteiger partial charge on any atom is 0.373 e. The summed E-state index contributed by atoms with van der Waals surface area (Å²) in [6.45, 7) is 3.91.